The van der Waals surface area contributed by atoms with Crippen LogP contribution < -0.4 is 10.5 Å². The number of hydrogen-bond acceptors (Lipinski definition) is 5. The summed E-state index contributed by atoms with van der Waals surface area (Å²) in [5, 5.41) is 0. The Morgan fingerprint density at radius 1 is 1.20 bits per heavy atom. The minimum Gasteiger partial charge on any atom is -0.398 e. The number of benzene rings is 1. The summed E-state index contributed by atoms with van der Waals surface area (Å²) in [4.78, 5) is 8.22. The molecule has 0 radical (unpaired) electrons. The van der Waals surface area contributed by atoms with Gasteiger partial charge in [-0.1, -0.05) is 6.07 Å². The molecule has 20 heavy (non-hydrogen) atoms. The van der Waals surface area contributed by atoms with Crippen molar-refractivity contribution in [1.29, 1.82) is 0 Å². The molecule has 3 N–H and O–H groups in total. The summed E-state index contributed by atoms with van der Waals surface area (Å²) in [7, 11) is -3.66. The Morgan fingerprint density at radius 2 is 1.95 bits per heavy atom. The van der Waals surface area contributed by atoms with E-state index in [1.54, 1.807) is 18.3 Å². The number of nitrogens with two attached hydrogens (primary N) is 1. The van der Waals surface area contributed by atoms with E-state index in [0.29, 0.717) is 5.69 Å². The topological polar surface area (TPSA) is 98.0 Å². The molecule has 106 valence electrons. The van der Waals surface area contributed by atoms with Crippen LogP contribution in [0.3, 0.4) is 0 Å². The molecule has 0 spiro atoms. The molecule has 0 bridgehead atoms. The lowest BCUT2D eigenvalue weighted by atomic mass is 10.2. The Kier molecular flexibility index (Phi) is 4.01. The van der Waals surface area contributed by atoms with Gasteiger partial charge in [0.15, 0.2) is 0 Å². The van der Waals surface area contributed by atoms with Gasteiger partial charge in [0.05, 0.1) is 29.8 Å². The summed E-state index contributed by atoms with van der Waals surface area (Å²) in [5.41, 5.74) is 8.21. The second-order valence-corrected chi connectivity index (χ2v) is 6.25. The molecule has 0 aliphatic carbocycles. The van der Waals surface area contributed by atoms with Gasteiger partial charge in [-0.15, -0.1) is 0 Å². The number of sulfonamides is 1. The Hall–Kier alpha value is -1.99. The van der Waals surface area contributed by atoms with Crippen LogP contribution >= 0.6 is 0 Å². The Bertz CT molecular complexity index is 712. The lowest BCUT2D eigenvalue weighted by molar-refractivity contribution is 0.580. The van der Waals surface area contributed by atoms with Crippen LogP contribution in [-0.4, -0.2) is 18.4 Å². The fraction of sp³-hybridized carbons (Fsp3) is 0.231. The van der Waals surface area contributed by atoms with E-state index in [-0.39, 0.29) is 17.1 Å². The Balaban J connectivity index is 2.17. The van der Waals surface area contributed by atoms with Crippen molar-refractivity contribution in [3.8, 4) is 0 Å². The summed E-state index contributed by atoms with van der Waals surface area (Å²) in [6.07, 6.45) is 3.13. The van der Waals surface area contributed by atoms with Crippen LogP contribution in [-0.2, 0) is 16.6 Å². The van der Waals surface area contributed by atoms with Gasteiger partial charge >= 0.3 is 0 Å². The molecule has 0 amide bonds. The third-order valence-corrected chi connectivity index (χ3v) is 4.21. The quantitative estimate of drug-likeness (QED) is 0.824. The highest BCUT2D eigenvalue weighted by molar-refractivity contribution is 7.89. The maximum atomic E-state index is 12.2. The molecule has 0 saturated heterocycles. The molecule has 2 rings (SSSR count). The average molecular weight is 292 g/mol. The number of aryl methyl sites for hydroxylation is 2. The average Bonchev–Trinajstić information content (AvgIpc) is 2.37. The Labute approximate surface area is 118 Å². The van der Waals surface area contributed by atoms with E-state index in [1.807, 2.05) is 13.8 Å². The van der Waals surface area contributed by atoms with Crippen molar-refractivity contribution in [3.63, 3.8) is 0 Å². The minimum absolute atomic E-state index is 0.0724. The summed E-state index contributed by atoms with van der Waals surface area (Å²) < 4.78 is 26.8. The molecule has 0 fully saturated rings. The van der Waals surface area contributed by atoms with E-state index in [0.717, 1.165) is 11.3 Å². The zero-order valence-electron chi connectivity index (χ0n) is 11.3. The monoisotopic (exact) mass is 292 g/mol. The van der Waals surface area contributed by atoms with E-state index in [9.17, 15) is 8.42 Å². The van der Waals surface area contributed by atoms with Crippen LogP contribution in [0.1, 0.15) is 17.0 Å². The minimum atomic E-state index is -3.66. The van der Waals surface area contributed by atoms with Crippen LogP contribution in [0.25, 0.3) is 0 Å². The third-order valence-electron chi connectivity index (χ3n) is 2.73. The van der Waals surface area contributed by atoms with E-state index in [1.165, 1.54) is 12.3 Å². The van der Waals surface area contributed by atoms with E-state index >= 15 is 0 Å². The zero-order chi connectivity index (χ0) is 14.8. The second-order valence-electron chi connectivity index (χ2n) is 4.51. The van der Waals surface area contributed by atoms with Gasteiger partial charge < -0.3 is 5.73 Å². The molecule has 2 aromatic rings. The van der Waals surface area contributed by atoms with Gasteiger partial charge in [0, 0.05) is 6.20 Å². The number of nitrogens with one attached hydrogen (secondary N) is 1. The van der Waals surface area contributed by atoms with Gasteiger partial charge in [-0.3, -0.25) is 9.97 Å². The highest BCUT2D eigenvalue weighted by Crippen LogP contribution is 2.19. The predicted molar refractivity (Wildman–Crippen MR) is 76.4 cm³/mol. The van der Waals surface area contributed by atoms with Crippen molar-refractivity contribution in [3.05, 3.63) is 47.5 Å². The first-order valence-electron chi connectivity index (χ1n) is 6.02. The molecule has 0 unspecified atom stereocenters. The molecule has 1 aromatic carbocycles. The van der Waals surface area contributed by atoms with Gasteiger partial charge in [0.25, 0.3) is 0 Å². The molecular formula is C13H16N4O2S. The molecule has 0 saturated carbocycles. The van der Waals surface area contributed by atoms with Gasteiger partial charge in [-0.05, 0) is 31.5 Å². The van der Waals surface area contributed by atoms with Crippen molar-refractivity contribution in [2.75, 3.05) is 5.73 Å². The van der Waals surface area contributed by atoms with Gasteiger partial charge in [0.1, 0.15) is 4.90 Å². The van der Waals surface area contributed by atoms with Gasteiger partial charge in [-0.2, -0.15) is 0 Å². The first-order valence-corrected chi connectivity index (χ1v) is 7.50. The third kappa shape index (κ3) is 3.31. The van der Waals surface area contributed by atoms with Gasteiger partial charge in [0.2, 0.25) is 10.0 Å². The number of hydrogen-bond donors (Lipinski definition) is 2. The van der Waals surface area contributed by atoms with Crippen LogP contribution in [0.2, 0.25) is 0 Å². The standard InChI is InChI=1S/C13H16N4O2S/c1-9-3-4-13(12(14)5-9)20(18,19)17-8-11-7-15-10(2)6-16-11/h3-7,17H,8,14H2,1-2H3. The molecule has 1 heterocycles. The van der Waals surface area contributed by atoms with Gasteiger partial charge in [-0.25, -0.2) is 13.1 Å². The number of rotatable bonds is 4. The van der Waals surface area contributed by atoms with E-state index < -0.39 is 10.0 Å². The van der Waals surface area contributed by atoms with Crippen molar-refractivity contribution in [1.82, 2.24) is 14.7 Å². The first-order chi connectivity index (χ1) is 9.38. The van der Waals surface area contributed by atoms with Crippen molar-refractivity contribution in [2.45, 2.75) is 25.3 Å². The van der Waals surface area contributed by atoms with E-state index in [2.05, 4.69) is 14.7 Å². The van der Waals surface area contributed by atoms with E-state index in [4.69, 9.17) is 5.73 Å². The van der Waals surface area contributed by atoms with Crippen molar-refractivity contribution in [2.24, 2.45) is 0 Å². The maximum Gasteiger partial charge on any atom is 0.242 e. The second kappa shape index (κ2) is 5.56. The fourth-order valence-electron chi connectivity index (χ4n) is 1.67. The number of nitrogens with zero attached hydrogens (tertiary/aromatic N) is 2. The Morgan fingerprint density at radius 3 is 2.55 bits per heavy atom. The predicted octanol–water partition coefficient (Wildman–Crippen LogP) is 1.15. The highest BCUT2D eigenvalue weighted by atomic mass is 32.2. The number of anilines is 1. The highest BCUT2D eigenvalue weighted by Gasteiger charge is 2.17. The van der Waals surface area contributed by atoms with Crippen LogP contribution in [0.5, 0.6) is 0 Å². The summed E-state index contributed by atoms with van der Waals surface area (Å²) in [6, 6.07) is 4.82. The molecule has 0 aliphatic rings. The SMILES string of the molecule is Cc1ccc(S(=O)(=O)NCc2cnc(C)cn2)c(N)c1. The maximum absolute atomic E-state index is 12.2. The summed E-state index contributed by atoms with van der Waals surface area (Å²) in [6.45, 7) is 3.74. The first kappa shape index (κ1) is 14.4. The normalized spacial score (nSPS) is 11.5. The summed E-state index contributed by atoms with van der Waals surface area (Å²) in [5.74, 6) is 0. The van der Waals surface area contributed by atoms with Crippen LogP contribution in [0.15, 0.2) is 35.5 Å². The van der Waals surface area contributed by atoms with Crippen LogP contribution in [0.4, 0.5) is 5.69 Å². The molecular weight excluding hydrogens is 276 g/mol. The molecule has 0 aliphatic heterocycles. The smallest absolute Gasteiger partial charge is 0.242 e. The lowest BCUT2D eigenvalue weighted by Gasteiger charge is -2.09. The number of aromatic nitrogens is 2. The van der Waals surface area contributed by atoms with Crippen LogP contribution in [0, 0.1) is 13.8 Å². The van der Waals surface area contributed by atoms with Crippen molar-refractivity contribution < 1.29 is 8.42 Å². The summed E-state index contributed by atoms with van der Waals surface area (Å²) >= 11 is 0. The fourth-order valence-corrected chi connectivity index (χ4v) is 2.78. The largest absolute Gasteiger partial charge is 0.398 e. The molecule has 1 aromatic heterocycles. The molecule has 0 atom stereocenters. The zero-order valence-corrected chi connectivity index (χ0v) is 12.1. The molecule has 7 heteroatoms. The van der Waals surface area contributed by atoms with Crippen molar-refractivity contribution >= 4 is 15.7 Å². The lowest BCUT2D eigenvalue weighted by Crippen LogP contribution is -2.24. The number of nitrogen functional groups attached to an aromatic ring is 1. The molecule has 6 nitrogen and oxygen atoms in total.